The van der Waals surface area contributed by atoms with Crippen LogP contribution in [0.25, 0.3) is 6.08 Å². The molecule has 1 amide bonds. The van der Waals surface area contributed by atoms with Crippen molar-refractivity contribution >= 4 is 23.7 Å². The minimum absolute atomic E-state index is 0.0835. The monoisotopic (exact) mass is 415 g/mol. The number of benzene rings is 1. The van der Waals surface area contributed by atoms with Gasteiger partial charge in [-0.1, -0.05) is 32.9 Å². The number of ketones is 1. The Hall–Kier alpha value is -2.83. The number of nitrogens with zero attached hydrogens (tertiary/aromatic N) is 1. The van der Waals surface area contributed by atoms with Gasteiger partial charge in [0, 0.05) is 12.0 Å². The Morgan fingerprint density at radius 2 is 1.97 bits per heavy atom. The smallest absolute Gasteiger partial charge is 0.329 e. The maximum absolute atomic E-state index is 12.8. The molecule has 0 saturated carbocycles. The highest BCUT2D eigenvalue weighted by atomic mass is 16.7. The number of hydrogen-bond acceptors (Lipinski definition) is 6. The number of piperidine rings is 1. The van der Waals surface area contributed by atoms with Gasteiger partial charge in [-0.15, -0.1) is 0 Å². The van der Waals surface area contributed by atoms with Crippen LogP contribution in [0.15, 0.2) is 24.3 Å². The zero-order valence-electron chi connectivity index (χ0n) is 17.8. The van der Waals surface area contributed by atoms with Crippen LogP contribution in [-0.2, 0) is 19.1 Å². The van der Waals surface area contributed by atoms with Crippen LogP contribution in [0, 0.1) is 5.41 Å². The number of ether oxygens (including phenoxy) is 3. The Bertz CT molecular complexity index is 844. The topological polar surface area (TPSA) is 82.1 Å². The van der Waals surface area contributed by atoms with Crippen LogP contribution in [-0.4, -0.2) is 48.5 Å². The lowest BCUT2D eigenvalue weighted by molar-refractivity contribution is -0.160. The van der Waals surface area contributed by atoms with E-state index in [9.17, 15) is 14.4 Å². The van der Waals surface area contributed by atoms with Gasteiger partial charge in [0.25, 0.3) is 5.91 Å². The van der Waals surface area contributed by atoms with Crippen LogP contribution in [0.4, 0.5) is 0 Å². The average molecular weight is 415 g/mol. The van der Waals surface area contributed by atoms with Crippen molar-refractivity contribution < 1.29 is 28.6 Å². The lowest BCUT2D eigenvalue weighted by Crippen LogP contribution is -2.53. The molecular formula is C23H29NO6. The van der Waals surface area contributed by atoms with Gasteiger partial charge >= 0.3 is 5.97 Å². The largest absolute Gasteiger partial charge is 0.460 e. The van der Waals surface area contributed by atoms with Gasteiger partial charge in [0.1, 0.15) is 12.6 Å². The second-order valence-electron chi connectivity index (χ2n) is 8.22. The van der Waals surface area contributed by atoms with Crippen molar-refractivity contribution in [3.05, 3.63) is 29.8 Å². The Morgan fingerprint density at radius 3 is 2.73 bits per heavy atom. The summed E-state index contributed by atoms with van der Waals surface area (Å²) in [5.74, 6) is -0.112. The molecule has 2 aliphatic rings. The van der Waals surface area contributed by atoms with E-state index < -0.39 is 29.1 Å². The van der Waals surface area contributed by atoms with E-state index in [0.29, 0.717) is 30.9 Å². The van der Waals surface area contributed by atoms with E-state index in [1.807, 2.05) is 31.2 Å². The molecule has 0 aromatic heterocycles. The highest BCUT2D eigenvalue weighted by Gasteiger charge is 2.40. The molecule has 7 nitrogen and oxygen atoms in total. The molecule has 0 unspecified atom stereocenters. The first-order valence-electron chi connectivity index (χ1n) is 10.4. The summed E-state index contributed by atoms with van der Waals surface area (Å²) < 4.78 is 16.0. The quantitative estimate of drug-likeness (QED) is 0.502. The van der Waals surface area contributed by atoms with Crippen LogP contribution in [0.1, 0.15) is 52.0 Å². The highest BCUT2D eigenvalue weighted by molar-refractivity contribution is 6.38. The zero-order chi connectivity index (χ0) is 21.7. The molecule has 0 aliphatic carbocycles. The van der Waals surface area contributed by atoms with E-state index in [1.54, 1.807) is 19.9 Å². The van der Waals surface area contributed by atoms with Crippen LogP contribution >= 0.6 is 0 Å². The summed E-state index contributed by atoms with van der Waals surface area (Å²) in [6, 6.07) is 4.85. The molecule has 1 atom stereocenters. The molecule has 30 heavy (non-hydrogen) atoms. The van der Waals surface area contributed by atoms with Crippen LogP contribution < -0.4 is 9.47 Å². The molecule has 0 bridgehead atoms. The summed E-state index contributed by atoms with van der Waals surface area (Å²) in [6.07, 6.45) is 6.23. The maximum Gasteiger partial charge on any atom is 0.329 e. The van der Waals surface area contributed by atoms with E-state index in [1.165, 1.54) is 4.90 Å². The molecule has 0 spiro atoms. The molecule has 0 radical (unpaired) electrons. The van der Waals surface area contributed by atoms with Crippen LogP contribution in [0.2, 0.25) is 0 Å². The van der Waals surface area contributed by atoms with Crippen LogP contribution in [0.3, 0.4) is 0 Å². The molecule has 3 rings (SSSR count). The van der Waals surface area contributed by atoms with Gasteiger partial charge < -0.3 is 19.1 Å². The second kappa shape index (κ2) is 9.32. The summed E-state index contributed by atoms with van der Waals surface area (Å²) in [5, 5.41) is 0. The molecule has 1 aromatic rings. The average Bonchev–Trinajstić information content (AvgIpc) is 3.23. The Balaban J connectivity index is 1.57. The number of likely N-dealkylation sites (tertiary alicyclic amines) is 1. The second-order valence-corrected chi connectivity index (χ2v) is 8.22. The summed E-state index contributed by atoms with van der Waals surface area (Å²) >= 11 is 0. The zero-order valence-corrected chi connectivity index (χ0v) is 17.8. The third-order valence-electron chi connectivity index (χ3n) is 5.76. The van der Waals surface area contributed by atoms with E-state index in [2.05, 4.69) is 0 Å². The van der Waals surface area contributed by atoms with Crippen molar-refractivity contribution in [2.45, 2.75) is 52.5 Å². The summed E-state index contributed by atoms with van der Waals surface area (Å²) in [4.78, 5) is 39.4. The van der Waals surface area contributed by atoms with Gasteiger partial charge in [-0.2, -0.15) is 0 Å². The summed E-state index contributed by atoms with van der Waals surface area (Å²) in [7, 11) is 0. The van der Waals surface area contributed by atoms with Crippen molar-refractivity contribution in [1.29, 1.82) is 0 Å². The third-order valence-corrected chi connectivity index (χ3v) is 5.76. The lowest BCUT2D eigenvalue weighted by atomic mass is 9.84. The van der Waals surface area contributed by atoms with Crippen molar-refractivity contribution in [3.63, 3.8) is 0 Å². The van der Waals surface area contributed by atoms with Crippen molar-refractivity contribution in [2.24, 2.45) is 5.41 Å². The number of carbonyl (C=O) groups is 3. The Labute approximate surface area is 177 Å². The van der Waals surface area contributed by atoms with E-state index in [4.69, 9.17) is 14.2 Å². The molecular weight excluding hydrogens is 386 g/mol. The Kier molecular flexibility index (Phi) is 6.80. The first-order chi connectivity index (χ1) is 14.3. The van der Waals surface area contributed by atoms with Gasteiger partial charge in [0.05, 0.1) is 0 Å². The molecule has 2 aliphatic heterocycles. The predicted molar refractivity (Wildman–Crippen MR) is 111 cm³/mol. The number of rotatable bonds is 7. The standard InChI is InChI=1S/C23H29NO6/c1-4-23(2,3)20(25)21(26)24-12-6-5-9-17(24)22(27)28-13-7-8-16-10-11-18-19(14-16)30-15-29-18/h7-8,10-11,14,17H,4-6,9,12-13,15H2,1-3H3/b8-7+/t17-/m0/s1. The summed E-state index contributed by atoms with van der Waals surface area (Å²) in [6.45, 7) is 6.09. The molecule has 1 saturated heterocycles. The van der Waals surface area contributed by atoms with Crippen molar-refractivity contribution in [1.82, 2.24) is 4.90 Å². The number of amides is 1. The fourth-order valence-corrected chi connectivity index (χ4v) is 3.43. The predicted octanol–water partition coefficient (Wildman–Crippen LogP) is 3.36. The van der Waals surface area contributed by atoms with Gasteiger partial charge in [-0.25, -0.2) is 4.79 Å². The van der Waals surface area contributed by atoms with Gasteiger partial charge in [0.15, 0.2) is 11.5 Å². The molecule has 1 fully saturated rings. The molecule has 1 aromatic carbocycles. The molecule has 2 heterocycles. The number of esters is 1. The Morgan fingerprint density at radius 1 is 1.20 bits per heavy atom. The number of Topliss-reactive ketones (excluding diaryl/α,β-unsaturated/α-hetero) is 1. The molecule has 162 valence electrons. The van der Waals surface area contributed by atoms with Crippen molar-refractivity contribution in [2.75, 3.05) is 19.9 Å². The molecule has 0 N–H and O–H groups in total. The number of carbonyl (C=O) groups excluding carboxylic acids is 3. The van der Waals surface area contributed by atoms with E-state index >= 15 is 0 Å². The maximum atomic E-state index is 12.8. The first-order valence-corrected chi connectivity index (χ1v) is 10.4. The fraction of sp³-hybridized carbons (Fsp3) is 0.522. The number of hydrogen-bond donors (Lipinski definition) is 0. The molecule has 7 heteroatoms. The third kappa shape index (κ3) is 4.83. The van der Waals surface area contributed by atoms with E-state index in [-0.39, 0.29) is 13.4 Å². The minimum Gasteiger partial charge on any atom is -0.460 e. The van der Waals surface area contributed by atoms with Gasteiger partial charge in [-0.3, -0.25) is 9.59 Å². The van der Waals surface area contributed by atoms with E-state index in [0.717, 1.165) is 18.4 Å². The van der Waals surface area contributed by atoms with Gasteiger partial charge in [-0.05, 0) is 49.5 Å². The normalized spacial score (nSPS) is 18.5. The number of fused-ring (bicyclic) bond motifs is 1. The van der Waals surface area contributed by atoms with Crippen LogP contribution in [0.5, 0.6) is 11.5 Å². The first kappa shape index (κ1) is 21.9. The minimum atomic E-state index is -0.740. The fourth-order valence-electron chi connectivity index (χ4n) is 3.43. The van der Waals surface area contributed by atoms with Crippen molar-refractivity contribution in [3.8, 4) is 11.5 Å². The van der Waals surface area contributed by atoms with Gasteiger partial charge in [0.2, 0.25) is 12.6 Å². The highest BCUT2D eigenvalue weighted by Crippen LogP contribution is 2.32. The SMILES string of the molecule is CCC(C)(C)C(=O)C(=O)N1CCCC[C@H]1C(=O)OC/C=C/c1ccc2c(c1)OCO2. The lowest BCUT2D eigenvalue weighted by Gasteiger charge is -2.35. The summed E-state index contributed by atoms with van der Waals surface area (Å²) in [5.41, 5.74) is 0.160.